The van der Waals surface area contributed by atoms with Gasteiger partial charge in [-0.3, -0.25) is 0 Å². The monoisotopic (exact) mass is 493 g/mol. The number of hydrogen-bond acceptors (Lipinski definition) is 4. The van der Waals surface area contributed by atoms with E-state index in [1.807, 2.05) is 18.2 Å². The number of esters is 1. The number of cyclic esters (lactones) is 1. The van der Waals surface area contributed by atoms with Crippen LogP contribution in [0.15, 0.2) is 115 Å². The van der Waals surface area contributed by atoms with Crippen LogP contribution in [-0.4, -0.2) is 12.6 Å². The van der Waals surface area contributed by atoms with Gasteiger partial charge in [-0.2, -0.15) is 0 Å². The number of nitrogens with zero attached hydrogens (tertiary/aromatic N) is 1. The fourth-order valence-corrected chi connectivity index (χ4v) is 6.54. The van der Waals surface area contributed by atoms with Crippen molar-refractivity contribution in [3.8, 4) is 11.5 Å². The van der Waals surface area contributed by atoms with E-state index in [-0.39, 0.29) is 5.97 Å². The first-order valence-corrected chi connectivity index (χ1v) is 12.9. The van der Waals surface area contributed by atoms with Gasteiger partial charge in [-0.05, 0) is 53.1 Å². The Hall–Kier alpha value is -4.83. The summed E-state index contributed by atoms with van der Waals surface area (Å²) >= 11 is 0. The highest BCUT2D eigenvalue weighted by Gasteiger charge is 2.50. The molecular formula is C34H23NO3. The number of rotatable bonds is 1. The summed E-state index contributed by atoms with van der Waals surface area (Å²) in [5, 5.41) is 0. The highest BCUT2D eigenvalue weighted by Crippen LogP contribution is 2.62. The van der Waals surface area contributed by atoms with Crippen LogP contribution in [0.1, 0.15) is 38.2 Å². The van der Waals surface area contributed by atoms with Crippen LogP contribution in [-0.2, 0) is 16.6 Å². The SMILES string of the molecule is O=C1OCCc2ccc(N3c4ccccc4C4(c5ccccc5Oc5ccccc54)c4ccccc43)cc21. The number of carbonyl (C=O) groups is 1. The van der Waals surface area contributed by atoms with Gasteiger partial charge in [-0.15, -0.1) is 0 Å². The standard InChI is InChI=1S/C34H23NO3/c36-33-24-21-23(18-17-22(24)19-20-37-33)35-29-13-5-1-9-25(29)34(26-10-2-6-14-30(26)35)27-11-3-7-15-31(27)38-32-16-8-4-12-28(32)34/h1-18,21H,19-20H2. The van der Waals surface area contributed by atoms with Crippen molar-refractivity contribution in [1.29, 1.82) is 0 Å². The van der Waals surface area contributed by atoms with Crippen LogP contribution in [0.3, 0.4) is 0 Å². The zero-order valence-corrected chi connectivity index (χ0v) is 20.6. The van der Waals surface area contributed by atoms with Crippen molar-refractivity contribution < 1.29 is 14.3 Å². The van der Waals surface area contributed by atoms with Gasteiger partial charge < -0.3 is 14.4 Å². The maximum atomic E-state index is 12.7. The van der Waals surface area contributed by atoms with E-state index in [4.69, 9.17) is 9.47 Å². The molecule has 38 heavy (non-hydrogen) atoms. The second-order valence-electron chi connectivity index (χ2n) is 9.94. The molecule has 8 rings (SSSR count). The third-order valence-corrected chi connectivity index (χ3v) is 8.08. The molecule has 0 amide bonds. The molecule has 0 saturated carbocycles. The van der Waals surface area contributed by atoms with Crippen LogP contribution < -0.4 is 9.64 Å². The molecule has 3 aliphatic rings. The first kappa shape index (κ1) is 21.3. The number of benzene rings is 5. The van der Waals surface area contributed by atoms with Crippen LogP contribution >= 0.6 is 0 Å². The Morgan fingerprint density at radius 2 is 1.18 bits per heavy atom. The smallest absolute Gasteiger partial charge is 0.338 e. The molecule has 0 unspecified atom stereocenters. The number of para-hydroxylation sites is 4. The quantitative estimate of drug-likeness (QED) is 0.220. The van der Waals surface area contributed by atoms with Gasteiger partial charge in [0, 0.05) is 23.2 Å². The van der Waals surface area contributed by atoms with Gasteiger partial charge in [0.1, 0.15) is 11.5 Å². The van der Waals surface area contributed by atoms with E-state index in [1.165, 1.54) is 11.1 Å². The molecule has 0 bridgehead atoms. The molecule has 0 saturated heterocycles. The van der Waals surface area contributed by atoms with E-state index in [0.29, 0.717) is 12.2 Å². The van der Waals surface area contributed by atoms with Crippen molar-refractivity contribution in [2.45, 2.75) is 11.8 Å². The summed E-state index contributed by atoms with van der Waals surface area (Å²) in [4.78, 5) is 15.0. The lowest BCUT2D eigenvalue weighted by atomic mass is 9.61. The molecule has 182 valence electrons. The Bertz CT molecular complexity index is 1680. The van der Waals surface area contributed by atoms with Crippen molar-refractivity contribution in [1.82, 2.24) is 0 Å². The number of hydrogen-bond donors (Lipinski definition) is 0. The molecule has 0 N–H and O–H groups in total. The minimum atomic E-state index is -0.567. The van der Waals surface area contributed by atoms with E-state index in [1.54, 1.807) is 0 Å². The Balaban J connectivity index is 1.48. The van der Waals surface area contributed by atoms with Crippen molar-refractivity contribution in [3.05, 3.63) is 149 Å². The van der Waals surface area contributed by atoms with Crippen molar-refractivity contribution in [3.63, 3.8) is 0 Å². The number of ether oxygens (including phenoxy) is 2. The molecule has 5 aromatic carbocycles. The summed E-state index contributed by atoms with van der Waals surface area (Å²) in [6.07, 6.45) is 0.741. The maximum absolute atomic E-state index is 12.7. The van der Waals surface area contributed by atoms with Crippen molar-refractivity contribution in [2.24, 2.45) is 0 Å². The van der Waals surface area contributed by atoms with Gasteiger partial charge in [0.15, 0.2) is 0 Å². The van der Waals surface area contributed by atoms with Gasteiger partial charge in [-0.25, -0.2) is 4.79 Å². The van der Waals surface area contributed by atoms with Gasteiger partial charge in [-0.1, -0.05) is 78.9 Å². The van der Waals surface area contributed by atoms with Crippen LogP contribution in [0.4, 0.5) is 17.1 Å². The average molecular weight is 494 g/mol. The zero-order chi connectivity index (χ0) is 25.3. The maximum Gasteiger partial charge on any atom is 0.338 e. The van der Waals surface area contributed by atoms with Gasteiger partial charge in [0.25, 0.3) is 0 Å². The first-order valence-electron chi connectivity index (χ1n) is 12.9. The number of anilines is 3. The first-order chi connectivity index (χ1) is 18.8. The summed E-state index contributed by atoms with van der Waals surface area (Å²) in [5.74, 6) is 1.47. The Morgan fingerprint density at radius 1 is 0.632 bits per heavy atom. The minimum absolute atomic E-state index is 0.254. The predicted molar refractivity (Wildman–Crippen MR) is 147 cm³/mol. The van der Waals surface area contributed by atoms with Crippen LogP contribution in [0.5, 0.6) is 11.5 Å². The van der Waals surface area contributed by atoms with Crippen LogP contribution in [0.2, 0.25) is 0 Å². The zero-order valence-electron chi connectivity index (χ0n) is 20.6. The lowest BCUT2D eigenvalue weighted by molar-refractivity contribution is 0.0480. The Kier molecular flexibility index (Phi) is 4.38. The molecule has 0 aliphatic carbocycles. The molecule has 0 fully saturated rings. The topological polar surface area (TPSA) is 38.8 Å². The second-order valence-corrected chi connectivity index (χ2v) is 9.94. The third kappa shape index (κ3) is 2.72. The van der Waals surface area contributed by atoms with E-state index in [9.17, 15) is 4.79 Å². The minimum Gasteiger partial charge on any atom is -0.462 e. The van der Waals surface area contributed by atoms with Crippen LogP contribution in [0, 0.1) is 0 Å². The fourth-order valence-electron chi connectivity index (χ4n) is 6.54. The molecule has 0 radical (unpaired) electrons. The Morgan fingerprint density at radius 3 is 1.82 bits per heavy atom. The largest absolute Gasteiger partial charge is 0.462 e. The van der Waals surface area contributed by atoms with Gasteiger partial charge in [0.05, 0.1) is 29.0 Å². The average Bonchev–Trinajstić information content (AvgIpc) is 2.97. The van der Waals surface area contributed by atoms with Crippen LogP contribution in [0.25, 0.3) is 0 Å². The summed E-state index contributed by atoms with van der Waals surface area (Å²) in [7, 11) is 0. The number of fused-ring (bicyclic) bond motifs is 9. The van der Waals surface area contributed by atoms with E-state index < -0.39 is 5.41 Å². The normalized spacial score (nSPS) is 15.8. The molecule has 1 spiro atoms. The van der Waals surface area contributed by atoms with Gasteiger partial charge in [0.2, 0.25) is 0 Å². The summed E-state index contributed by atoms with van der Waals surface area (Å²) in [5.41, 5.74) is 8.76. The van der Waals surface area contributed by atoms with Gasteiger partial charge >= 0.3 is 5.97 Å². The predicted octanol–water partition coefficient (Wildman–Crippen LogP) is 7.67. The van der Waals surface area contributed by atoms with E-state index >= 15 is 0 Å². The summed E-state index contributed by atoms with van der Waals surface area (Å²) in [6.45, 7) is 0.434. The molecule has 4 nitrogen and oxygen atoms in total. The lowest BCUT2D eigenvalue weighted by Crippen LogP contribution is -2.39. The Labute approximate surface area is 220 Å². The van der Waals surface area contributed by atoms with Crippen molar-refractivity contribution in [2.75, 3.05) is 11.5 Å². The molecule has 4 heteroatoms. The second kappa shape index (κ2) is 7.83. The molecular weight excluding hydrogens is 470 g/mol. The molecule has 0 aromatic heterocycles. The highest BCUT2D eigenvalue weighted by molar-refractivity contribution is 5.96. The fraction of sp³-hybridized carbons (Fsp3) is 0.0882. The third-order valence-electron chi connectivity index (χ3n) is 8.08. The summed E-state index contributed by atoms with van der Waals surface area (Å²) in [6, 6.07) is 40.1. The van der Waals surface area contributed by atoms with E-state index in [2.05, 4.69) is 102 Å². The number of carbonyl (C=O) groups excluding carboxylic acids is 1. The molecule has 3 heterocycles. The van der Waals surface area contributed by atoms with E-state index in [0.717, 1.165) is 51.7 Å². The highest BCUT2D eigenvalue weighted by atomic mass is 16.5. The lowest BCUT2D eigenvalue weighted by Gasteiger charge is -2.48. The summed E-state index contributed by atoms with van der Waals surface area (Å²) < 4.78 is 11.8. The molecule has 3 aliphatic heterocycles. The molecule has 5 aromatic rings. The van der Waals surface area contributed by atoms with Crippen molar-refractivity contribution >= 4 is 23.0 Å². The molecule has 0 atom stereocenters.